The first kappa shape index (κ1) is 13.0. The van der Waals surface area contributed by atoms with Crippen LogP contribution in [0.25, 0.3) is 11.0 Å². The Bertz CT molecular complexity index is 558. The molecular weight excluding hydrogens is 250 g/mol. The quantitative estimate of drug-likeness (QED) is 0.908. The van der Waals surface area contributed by atoms with E-state index in [1.807, 2.05) is 13.8 Å². The van der Waals surface area contributed by atoms with E-state index < -0.39 is 0 Å². The lowest BCUT2D eigenvalue weighted by Crippen LogP contribution is -2.33. The van der Waals surface area contributed by atoms with Crippen molar-refractivity contribution in [3.05, 3.63) is 35.0 Å². The van der Waals surface area contributed by atoms with Gasteiger partial charge in [-0.2, -0.15) is 0 Å². The maximum Gasteiger partial charge on any atom is 0.287 e. The molecule has 1 amide bonds. The van der Waals surface area contributed by atoms with E-state index in [4.69, 9.17) is 16.0 Å². The second kappa shape index (κ2) is 5.44. The first-order valence-corrected chi connectivity index (χ1v) is 6.51. The third kappa shape index (κ3) is 2.67. The fourth-order valence-corrected chi connectivity index (χ4v) is 2.06. The molecule has 0 fully saturated rings. The summed E-state index contributed by atoms with van der Waals surface area (Å²) < 4.78 is 5.50. The van der Waals surface area contributed by atoms with Crippen LogP contribution in [0.4, 0.5) is 0 Å². The number of fused-ring (bicyclic) bond motifs is 1. The van der Waals surface area contributed by atoms with E-state index in [1.54, 1.807) is 24.3 Å². The molecule has 2 rings (SSSR count). The minimum atomic E-state index is -0.170. The third-order valence-electron chi connectivity index (χ3n) is 3.02. The number of nitrogens with one attached hydrogen (secondary N) is 1. The number of hydrogen-bond acceptors (Lipinski definition) is 2. The van der Waals surface area contributed by atoms with Crippen molar-refractivity contribution in [1.29, 1.82) is 0 Å². The van der Waals surface area contributed by atoms with Gasteiger partial charge in [0.15, 0.2) is 5.76 Å². The van der Waals surface area contributed by atoms with Crippen LogP contribution in [0.1, 0.15) is 37.2 Å². The smallest absolute Gasteiger partial charge is 0.287 e. The molecule has 3 nitrogen and oxygen atoms in total. The molecule has 0 aliphatic carbocycles. The highest BCUT2D eigenvalue weighted by Crippen LogP contribution is 2.23. The second-order valence-corrected chi connectivity index (χ2v) is 4.72. The average Bonchev–Trinajstić information content (AvgIpc) is 2.78. The summed E-state index contributed by atoms with van der Waals surface area (Å²) in [5.74, 6) is 0.162. The maximum absolute atomic E-state index is 12.0. The lowest BCUT2D eigenvalue weighted by atomic mass is 10.1. The van der Waals surface area contributed by atoms with Crippen molar-refractivity contribution in [2.24, 2.45) is 0 Å². The molecule has 96 valence electrons. The van der Waals surface area contributed by atoms with E-state index in [1.165, 1.54) is 0 Å². The highest BCUT2D eigenvalue weighted by molar-refractivity contribution is 6.31. The Morgan fingerprint density at radius 3 is 2.72 bits per heavy atom. The normalized spacial score (nSPS) is 11.1. The van der Waals surface area contributed by atoms with Gasteiger partial charge in [0.05, 0.1) is 0 Å². The van der Waals surface area contributed by atoms with Gasteiger partial charge in [0.2, 0.25) is 0 Å². The Balaban J connectivity index is 2.23. The van der Waals surface area contributed by atoms with Gasteiger partial charge in [-0.3, -0.25) is 4.79 Å². The monoisotopic (exact) mass is 265 g/mol. The number of carbonyl (C=O) groups excluding carboxylic acids is 1. The molecule has 0 unspecified atom stereocenters. The van der Waals surface area contributed by atoms with Crippen LogP contribution in [0, 0.1) is 0 Å². The SMILES string of the molecule is CCC(CC)NC(=O)c1cc2cc(Cl)ccc2o1. The average molecular weight is 266 g/mol. The van der Waals surface area contributed by atoms with Gasteiger partial charge in [0.25, 0.3) is 5.91 Å². The Labute approximate surface area is 111 Å². The minimum absolute atomic E-state index is 0.170. The zero-order valence-electron chi connectivity index (χ0n) is 10.5. The van der Waals surface area contributed by atoms with Crippen molar-refractivity contribution in [3.8, 4) is 0 Å². The molecule has 0 radical (unpaired) electrons. The summed E-state index contributed by atoms with van der Waals surface area (Å²) in [5.41, 5.74) is 0.675. The first-order valence-electron chi connectivity index (χ1n) is 6.14. The van der Waals surface area contributed by atoms with E-state index in [-0.39, 0.29) is 11.9 Å². The highest BCUT2D eigenvalue weighted by atomic mass is 35.5. The van der Waals surface area contributed by atoms with Crippen LogP contribution in [-0.2, 0) is 0 Å². The second-order valence-electron chi connectivity index (χ2n) is 4.28. The largest absolute Gasteiger partial charge is 0.451 e. The Hall–Kier alpha value is -1.48. The molecule has 2 aromatic rings. The molecule has 4 heteroatoms. The summed E-state index contributed by atoms with van der Waals surface area (Å²) in [4.78, 5) is 12.0. The maximum atomic E-state index is 12.0. The van der Waals surface area contributed by atoms with Crippen molar-refractivity contribution in [2.45, 2.75) is 32.7 Å². The zero-order valence-corrected chi connectivity index (χ0v) is 11.3. The van der Waals surface area contributed by atoms with Crippen LogP contribution in [-0.4, -0.2) is 11.9 Å². The predicted molar refractivity (Wildman–Crippen MR) is 73.1 cm³/mol. The van der Waals surface area contributed by atoms with Gasteiger partial charge in [-0.1, -0.05) is 25.4 Å². The van der Waals surface area contributed by atoms with E-state index >= 15 is 0 Å². The van der Waals surface area contributed by atoms with Gasteiger partial charge >= 0.3 is 0 Å². The number of furan rings is 1. The van der Waals surface area contributed by atoms with Gasteiger partial charge in [-0.05, 0) is 37.1 Å². The molecule has 1 aromatic carbocycles. The van der Waals surface area contributed by atoms with Crippen LogP contribution in [0.3, 0.4) is 0 Å². The molecule has 0 atom stereocenters. The molecule has 18 heavy (non-hydrogen) atoms. The predicted octanol–water partition coefficient (Wildman–Crippen LogP) is 4.00. The summed E-state index contributed by atoms with van der Waals surface area (Å²) in [6.45, 7) is 4.10. The fourth-order valence-electron chi connectivity index (χ4n) is 1.88. The van der Waals surface area contributed by atoms with Crippen LogP contribution in [0.2, 0.25) is 5.02 Å². The number of amides is 1. The molecule has 1 heterocycles. The van der Waals surface area contributed by atoms with Crippen molar-refractivity contribution in [1.82, 2.24) is 5.32 Å². The van der Waals surface area contributed by atoms with E-state index in [0.29, 0.717) is 16.4 Å². The summed E-state index contributed by atoms with van der Waals surface area (Å²) in [7, 11) is 0. The van der Waals surface area contributed by atoms with Crippen LogP contribution < -0.4 is 5.32 Å². The van der Waals surface area contributed by atoms with Crippen molar-refractivity contribution in [2.75, 3.05) is 0 Å². The molecule has 1 N–H and O–H groups in total. The molecule has 0 aliphatic heterocycles. The molecule has 1 aromatic heterocycles. The number of rotatable bonds is 4. The van der Waals surface area contributed by atoms with Crippen molar-refractivity contribution < 1.29 is 9.21 Å². The summed E-state index contributed by atoms with van der Waals surface area (Å²) >= 11 is 5.89. The summed E-state index contributed by atoms with van der Waals surface area (Å²) in [6, 6.07) is 7.21. The highest BCUT2D eigenvalue weighted by Gasteiger charge is 2.15. The number of benzene rings is 1. The topological polar surface area (TPSA) is 42.2 Å². The molecular formula is C14H16ClNO2. The molecule has 0 aliphatic rings. The van der Waals surface area contributed by atoms with Gasteiger partial charge in [0, 0.05) is 16.5 Å². The van der Waals surface area contributed by atoms with E-state index in [0.717, 1.165) is 18.2 Å². The zero-order chi connectivity index (χ0) is 13.1. The van der Waals surface area contributed by atoms with Crippen LogP contribution in [0.15, 0.2) is 28.7 Å². The summed E-state index contributed by atoms with van der Waals surface area (Å²) in [5, 5.41) is 4.42. The minimum Gasteiger partial charge on any atom is -0.451 e. The van der Waals surface area contributed by atoms with E-state index in [9.17, 15) is 4.79 Å². The standard InChI is InChI=1S/C14H16ClNO2/c1-3-11(4-2)16-14(17)13-8-9-7-10(15)5-6-12(9)18-13/h5-8,11H,3-4H2,1-2H3,(H,16,17). The molecule has 0 bridgehead atoms. The van der Waals surface area contributed by atoms with E-state index in [2.05, 4.69) is 5.32 Å². The first-order chi connectivity index (χ1) is 8.63. The van der Waals surface area contributed by atoms with Gasteiger partial charge in [-0.25, -0.2) is 0 Å². The Kier molecular flexibility index (Phi) is 3.92. The Morgan fingerprint density at radius 1 is 1.33 bits per heavy atom. The lowest BCUT2D eigenvalue weighted by molar-refractivity contribution is 0.0909. The summed E-state index contributed by atoms with van der Waals surface area (Å²) in [6.07, 6.45) is 1.82. The lowest BCUT2D eigenvalue weighted by Gasteiger charge is -2.12. The van der Waals surface area contributed by atoms with Crippen LogP contribution in [0.5, 0.6) is 0 Å². The molecule has 0 saturated carbocycles. The van der Waals surface area contributed by atoms with Crippen molar-refractivity contribution >= 4 is 28.5 Å². The van der Waals surface area contributed by atoms with Gasteiger partial charge in [-0.15, -0.1) is 0 Å². The number of halogens is 1. The van der Waals surface area contributed by atoms with Gasteiger partial charge in [0.1, 0.15) is 5.58 Å². The Morgan fingerprint density at radius 2 is 2.06 bits per heavy atom. The third-order valence-corrected chi connectivity index (χ3v) is 3.26. The van der Waals surface area contributed by atoms with Gasteiger partial charge < -0.3 is 9.73 Å². The molecule has 0 saturated heterocycles. The fraction of sp³-hybridized carbons (Fsp3) is 0.357. The number of hydrogen-bond donors (Lipinski definition) is 1. The number of carbonyl (C=O) groups is 1. The van der Waals surface area contributed by atoms with Crippen molar-refractivity contribution in [3.63, 3.8) is 0 Å². The van der Waals surface area contributed by atoms with Crippen LogP contribution >= 0.6 is 11.6 Å². The molecule has 0 spiro atoms.